The maximum Gasteiger partial charge on any atom is 0.305 e. The molecule has 0 spiro atoms. The molecule has 0 aromatic heterocycles. The number of carbonyl (C=O) groups excluding carboxylic acids is 3. The van der Waals surface area contributed by atoms with Crippen molar-refractivity contribution in [3.8, 4) is 0 Å². The molecular weight excluding hydrogens is 364 g/mol. The van der Waals surface area contributed by atoms with Gasteiger partial charge in [-0.15, -0.1) is 0 Å². The Hall–Kier alpha value is -2.75. The minimum atomic E-state index is -0.223. The highest BCUT2D eigenvalue weighted by molar-refractivity contribution is 6.28. The summed E-state index contributed by atoms with van der Waals surface area (Å²) in [6.45, 7) is 6.74. The predicted molar refractivity (Wildman–Crippen MR) is 112 cm³/mol. The fraction of sp³-hybridized carbons (Fsp3) is 0.400. The van der Waals surface area contributed by atoms with Crippen molar-refractivity contribution >= 4 is 17.5 Å². The Morgan fingerprint density at radius 3 is 2.17 bits per heavy atom. The Kier molecular flexibility index (Phi) is 6.31. The molecule has 2 aromatic rings. The molecule has 0 radical (unpaired) electrons. The van der Waals surface area contributed by atoms with Crippen LogP contribution in [0.1, 0.15) is 90.3 Å². The maximum absolute atomic E-state index is 12.9. The molecule has 152 valence electrons. The van der Waals surface area contributed by atoms with Gasteiger partial charge in [0.25, 0.3) is 0 Å². The van der Waals surface area contributed by atoms with E-state index in [4.69, 9.17) is 4.74 Å². The van der Waals surface area contributed by atoms with Crippen LogP contribution in [0.25, 0.3) is 0 Å². The number of esters is 1. The summed E-state index contributed by atoms with van der Waals surface area (Å²) in [6.07, 6.45) is 3.79. The number of fused-ring (bicyclic) bond motifs is 2. The van der Waals surface area contributed by atoms with Crippen LogP contribution >= 0.6 is 0 Å². The quantitative estimate of drug-likeness (QED) is 0.388. The highest BCUT2D eigenvalue weighted by Gasteiger charge is 2.31. The average Bonchev–Trinajstić information content (AvgIpc) is 2.71. The van der Waals surface area contributed by atoms with Gasteiger partial charge in [0.1, 0.15) is 0 Å². The van der Waals surface area contributed by atoms with Gasteiger partial charge in [-0.05, 0) is 42.4 Å². The lowest BCUT2D eigenvalue weighted by Crippen LogP contribution is -2.23. The SMILES string of the molecule is CCCCOC(=O)CCCC(C)(C)c1ccc2c(c1)C(=O)c1ccccc1C2=O. The third-order valence-electron chi connectivity index (χ3n) is 5.65. The Morgan fingerprint density at radius 1 is 0.897 bits per heavy atom. The molecule has 0 heterocycles. The third-order valence-corrected chi connectivity index (χ3v) is 5.65. The second kappa shape index (κ2) is 8.73. The van der Waals surface area contributed by atoms with Gasteiger partial charge in [-0.1, -0.05) is 57.5 Å². The second-order valence-electron chi connectivity index (χ2n) is 8.28. The van der Waals surface area contributed by atoms with Crippen LogP contribution in [0.2, 0.25) is 0 Å². The lowest BCUT2D eigenvalue weighted by molar-refractivity contribution is -0.143. The Bertz CT molecular complexity index is 940. The monoisotopic (exact) mass is 392 g/mol. The summed E-state index contributed by atoms with van der Waals surface area (Å²) in [4.78, 5) is 37.5. The van der Waals surface area contributed by atoms with Crippen LogP contribution in [-0.2, 0) is 14.9 Å². The summed E-state index contributed by atoms with van der Waals surface area (Å²) in [5, 5.41) is 0. The van der Waals surface area contributed by atoms with Gasteiger partial charge in [-0.3, -0.25) is 14.4 Å². The van der Waals surface area contributed by atoms with E-state index in [9.17, 15) is 14.4 Å². The van der Waals surface area contributed by atoms with Gasteiger partial charge in [0, 0.05) is 28.7 Å². The van der Waals surface area contributed by atoms with Gasteiger partial charge < -0.3 is 4.74 Å². The van der Waals surface area contributed by atoms with E-state index < -0.39 is 0 Å². The van der Waals surface area contributed by atoms with Crippen molar-refractivity contribution in [2.24, 2.45) is 0 Å². The van der Waals surface area contributed by atoms with Crippen molar-refractivity contribution in [3.05, 3.63) is 70.3 Å². The van der Waals surface area contributed by atoms with Crippen molar-refractivity contribution in [3.63, 3.8) is 0 Å². The number of ether oxygens (including phenoxy) is 1. The van der Waals surface area contributed by atoms with Crippen molar-refractivity contribution in [2.45, 2.75) is 58.3 Å². The fourth-order valence-corrected chi connectivity index (χ4v) is 3.74. The molecule has 0 aliphatic heterocycles. The van der Waals surface area contributed by atoms with Gasteiger partial charge in [-0.2, -0.15) is 0 Å². The van der Waals surface area contributed by atoms with E-state index in [1.807, 2.05) is 12.1 Å². The van der Waals surface area contributed by atoms with Crippen molar-refractivity contribution in [1.82, 2.24) is 0 Å². The number of benzene rings is 2. The van der Waals surface area contributed by atoms with Crippen LogP contribution in [-0.4, -0.2) is 24.1 Å². The van der Waals surface area contributed by atoms with E-state index in [-0.39, 0.29) is 23.0 Å². The Labute approximate surface area is 172 Å². The number of unbranched alkanes of at least 4 members (excludes halogenated alkanes) is 1. The van der Waals surface area contributed by atoms with E-state index in [1.165, 1.54) is 0 Å². The molecule has 4 heteroatoms. The molecular formula is C25H28O4. The smallest absolute Gasteiger partial charge is 0.305 e. The molecule has 0 N–H and O–H groups in total. The van der Waals surface area contributed by atoms with Gasteiger partial charge in [-0.25, -0.2) is 0 Å². The molecule has 1 aliphatic rings. The summed E-state index contributed by atoms with van der Waals surface area (Å²) in [5.41, 5.74) is 2.65. The number of rotatable bonds is 8. The first-order valence-electron chi connectivity index (χ1n) is 10.3. The lowest BCUT2D eigenvalue weighted by Gasteiger charge is -2.27. The lowest BCUT2D eigenvalue weighted by atomic mass is 9.76. The molecule has 0 atom stereocenters. The number of hydrogen-bond acceptors (Lipinski definition) is 4. The minimum Gasteiger partial charge on any atom is -0.466 e. The predicted octanol–water partition coefficient (Wildman–Crippen LogP) is 5.25. The summed E-state index contributed by atoms with van der Waals surface area (Å²) in [5.74, 6) is -0.362. The highest BCUT2D eigenvalue weighted by atomic mass is 16.5. The van der Waals surface area contributed by atoms with E-state index in [1.54, 1.807) is 30.3 Å². The van der Waals surface area contributed by atoms with Gasteiger partial charge in [0.15, 0.2) is 11.6 Å². The average molecular weight is 392 g/mol. The number of carbonyl (C=O) groups is 3. The first-order chi connectivity index (χ1) is 13.8. The van der Waals surface area contributed by atoms with E-state index in [2.05, 4.69) is 20.8 Å². The molecule has 3 rings (SSSR count). The van der Waals surface area contributed by atoms with E-state index in [0.29, 0.717) is 41.7 Å². The first-order valence-corrected chi connectivity index (χ1v) is 10.3. The van der Waals surface area contributed by atoms with E-state index in [0.717, 1.165) is 24.8 Å². The molecule has 29 heavy (non-hydrogen) atoms. The van der Waals surface area contributed by atoms with Gasteiger partial charge in [0.05, 0.1) is 6.61 Å². The fourth-order valence-electron chi connectivity index (χ4n) is 3.74. The van der Waals surface area contributed by atoms with Crippen LogP contribution in [0.3, 0.4) is 0 Å². The molecule has 0 saturated heterocycles. The summed E-state index contributed by atoms with van der Waals surface area (Å²) >= 11 is 0. The zero-order valence-corrected chi connectivity index (χ0v) is 17.4. The zero-order chi connectivity index (χ0) is 21.0. The van der Waals surface area contributed by atoms with Crippen LogP contribution in [0.4, 0.5) is 0 Å². The molecule has 4 nitrogen and oxygen atoms in total. The van der Waals surface area contributed by atoms with Crippen LogP contribution < -0.4 is 0 Å². The Morgan fingerprint density at radius 2 is 1.52 bits per heavy atom. The molecule has 1 aliphatic carbocycles. The minimum absolute atomic E-state index is 0.102. The highest BCUT2D eigenvalue weighted by Crippen LogP contribution is 2.34. The standard InChI is InChI=1S/C25H28O4/c1-4-5-15-29-22(26)11-8-14-25(2,3)17-12-13-20-21(16-17)24(28)19-10-7-6-9-18(19)23(20)27/h6-7,9-10,12-13,16H,4-5,8,11,14-15H2,1-3H3. The Balaban J connectivity index is 1.72. The molecule has 0 saturated carbocycles. The molecule has 0 bridgehead atoms. The topological polar surface area (TPSA) is 60.4 Å². The summed E-state index contributed by atoms with van der Waals surface area (Å²) < 4.78 is 5.22. The molecule has 0 amide bonds. The molecule has 0 fully saturated rings. The normalized spacial score (nSPS) is 13.1. The number of hydrogen-bond donors (Lipinski definition) is 0. The first kappa shape index (κ1) is 21.0. The summed E-state index contributed by atoms with van der Waals surface area (Å²) in [6, 6.07) is 12.5. The van der Waals surface area contributed by atoms with Crippen molar-refractivity contribution in [2.75, 3.05) is 6.61 Å². The second-order valence-corrected chi connectivity index (χ2v) is 8.28. The maximum atomic E-state index is 12.9. The van der Waals surface area contributed by atoms with Crippen LogP contribution in [0.5, 0.6) is 0 Å². The molecule has 2 aromatic carbocycles. The number of ketones is 2. The van der Waals surface area contributed by atoms with Crippen molar-refractivity contribution < 1.29 is 19.1 Å². The van der Waals surface area contributed by atoms with Crippen LogP contribution in [0.15, 0.2) is 42.5 Å². The van der Waals surface area contributed by atoms with Gasteiger partial charge >= 0.3 is 5.97 Å². The zero-order valence-electron chi connectivity index (χ0n) is 17.4. The van der Waals surface area contributed by atoms with Crippen molar-refractivity contribution in [1.29, 1.82) is 0 Å². The van der Waals surface area contributed by atoms with Gasteiger partial charge in [0.2, 0.25) is 0 Å². The molecule has 0 unspecified atom stereocenters. The largest absolute Gasteiger partial charge is 0.466 e. The van der Waals surface area contributed by atoms with Crippen LogP contribution in [0, 0.1) is 0 Å². The third kappa shape index (κ3) is 4.47. The summed E-state index contributed by atoms with van der Waals surface area (Å²) in [7, 11) is 0. The van der Waals surface area contributed by atoms with E-state index >= 15 is 0 Å².